The van der Waals surface area contributed by atoms with Crippen molar-refractivity contribution in [3.05, 3.63) is 53.5 Å². The minimum absolute atomic E-state index is 0.298. The number of aliphatic hydroxyl groups is 1. The van der Waals surface area contributed by atoms with Gasteiger partial charge in [0.05, 0.1) is 23.8 Å². The largest absolute Gasteiger partial charge is 0.384 e. The van der Waals surface area contributed by atoms with Gasteiger partial charge in [-0.1, -0.05) is 13.0 Å². The average molecular weight is 472 g/mol. The summed E-state index contributed by atoms with van der Waals surface area (Å²) in [5, 5.41) is 26.7. The molecule has 0 radical (unpaired) electrons. The number of aryl methyl sites for hydroxylation is 1. The van der Waals surface area contributed by atoms with E-state index in [2.05, 4.69) is 53.5 Å². The molecule has 1 atom stereocenters. The lowest BCUT2D eigenvalue weighted by Gasteiger charge is -2.33. The normalized spacial score (nSPS) is 19.8. The van der Waals surface area contributed by atoms with Crippen LogP contribution in [0.3, 0.4) is 0 Å². The number of piperazine rings is 1. The molecule has 1 fully saturated rings. The van der Waals surface area contributed by atoms with E-state index in [0.717, 1.165) is 49.7 Å². The Morgan fingerprint density at radius 2 is 1.89 bits per heavy atom. The van der Waals surface area contributed by atoms with Crippen LogP contribution in [-0.2, 0) is 12.0 Å². The molecule has 0 amide bonds. The van der Waals surface area contributed by atoms with Crippen molar-refractivity contribution < 1.29 is 5.11 Å². The minimum Gasteiger partial charge on any atom is -0.384 e. The highest BCUT2D eigenvalue weighted by Crippen LogP contribution is 2.38. The molecule has 1 aliphatic carbocycles. The fourth-order valence-electron chi connectivity index (χ4n) is 4.52. The highest BCUT2D eigenvalue weighted by Gasteiger charge is 2.36. The van der Waals surface area contributed by atoms with Crippen molar-refractivity contribution in [2.24, 2.45) is 0 Å². The van der Waals surface area contributed by atoms with Crippen LogP contribution in [0.4, 0.5) is 29.1 Å². The van der Waals surface area contributed by atoms with Crippen molar-refractivity contribution in [1.29, 1.82) is 5.26 Å². The van der Waals surface area contributed by atoms with E-state index in [1.165, 1.54) is 6.20 Å². The lowest BCUT2D eigenvalue weighted by atomic mass is 9.98. The number of nitriles is 1. The van der Waals surface area contributed by atoms with E-state index in [4.69, 9.17) is 0 Å². The molecule has 10 nitrogen and oxygen atoms in total. The van der Waals surface area contributed by atoms with Gasteiger partial charge < -0.3 is 25.5 Å². The van der Waals surface area contributed by atoms with Crippen LogP contribution in [0, 0.1) is 11.3 Å². The summed E-state index contributed by atoms with van der Waals surface area (Å²) in [6.07, 6.45) is 5.31. The first kappa shape index (κ1) is 23.0. The van der Waals surface area contributed by atoms with Crippen LogP contribution >= 0.6 is 0 Å². The summed E-state index contributed by atoms with van der Waals surface area (Å²) in [4.78, 5) is 22.6. The summed E-state index contributed by atoms with van der Waals surface area (Å²) >= 11 is 0. The monoisotopic (exact) mass is 471 g/mol. The molecule has 1 saturated heterocycles. The van der Waals surface area contributed by atoms with Gasteiger partial charge in [0.1, 0.15) is 28.9 Å². The second kappa shape index (κ2) is 9.44. The summed E-state index contributed by atoms with van der Waals surface area (Å²) in [5.41, 5.74) is 1.89. The zero-order chi connectivity index (χ0) is 24.4. The zero-order valence-electron chi connectivity index (χ0n) is 20.0. The Morgan fingerprint density at radius 1 is 1.06 bits per heavy atom. The third-order valence-corrected chi connectivity index (χ3v) is 6.80. The molecule has 3 aromatic rings. The number of fused-ring (bicyclic) bond motifs is 1. The Balaban J connectivity index is 1.33. The fraction of sp³-hybridized carbons (Fsp3) is 0.400. The van der Waals surface area contributed by atoms with E-state index >= 15 is 0 Å². The summed E-state index contributed by atoms with van der Waals surface area (Å²) in [6, 6.07) is 9.87. The van der Waals surface area contributed by atoms with Crippen molar-refractivity contribution in [3.63, 3.8) is 0 Å². The molecule has 5 rings (SSSR count). The second-order valence-corrected chi connectivity index (χ2v) is 9.10. The summed E-state index contributed by atoms with van der Waals surface area (Å²) in [7, 11) is 2.13. The highest BCUT2D eigenvalue weighted by molar-refractivity contribution is 5.63. The van der Waals surface area contributed by atoms with Gasteiger partial charge in [0, 0.05) is 26.2 Å². The van der Waals surface area contributed by atoms with Crippen LogP contribution in [-0.4, -0.2) is 63.2 Å². The third kappa shape index (κ3) is 4.73. The lowest BCUT2D eigenvalue weighted by Crippen LogP contribution is -2.44. The molecule has 0 aromatic carbocycles. The molecule has 4 heterocycles. The summed E-state index contributed by atoms with van der Waals surface area (Å²) in [5.74, 6) is 2.16. The predicted molar refractivity (Wildman–Crippen MR) is 134 cm³/mol. The minimum atomic E-state index is -0.910. The SMILES string of the molecule is CCC1(O)CCc2ccc(Nc3nc(Nc4ccc(N5CCN(C)CC5)nc4)ncc3C#N)nc21. The number of pyridine rings is 2. The molecule has 1 aliphatic heterocycles. The number of aromatic nitrogens is 4. The van der Waals surface area contributed by atoms with Crippen molar-refractivity contribution >= 4 is 29.1 Å². The van der Waals surface area contributed by atoms with E-state index in [1.807, 2.05) is 31.2 Å². The third-order valence-electron chi connectivity index (χ3n) is 6.80. The molecular formula is C25H29N9O. The number of rotatable bonds is 6. The smallest absolute Gasteiger partial charge is 0.229 e. The van der Waals surface area contributed by atoms with Gasteiger partial charge in [0.2, 0.25) is 5.95 Å². The lowest BCUT2D eigenvalue weighted by molar-refractivity contribution is 0.0307. The van der Waals surface area contributed by atoms with Gasteiger partial charge >= 0.3 is 0 Å². The highest BCUT2D eigenvalue weighted by atomic mass is 16.3. The van der Waals surface area contributed by atoms with Crippen molar-refractivity contribution in [3.8, 4) is 6.07 Å². The average Bonchev–Trinajstić information content (AvgIpc) is 3.22. The molecule has 0 spiro atoms. The maximum atomic E-state index is 10.9. The molecule has 35 heavy (non-hydrogen) atoms. The number of hydrogen-bond acceptors (Lipinski definition) is 10. The number of anilines is 5. The van der Waals surface area contributed by atoms with Crippen molar-refractivity contribution in [1.82, 2.24) is 24.8 Å². The quantitative estimate of drug-likeness (QED) is 0.494. The van der Waals surface area contributed by atoms with Crippen molar-refractivity contribution in [2.75, 3.05) is 48.8 Å². The zero-order valence-corrected chi connectivity index (χ0v) is 20.0. The Morgan fingerprint density at radius 3 is 2.60 bits per heavy atom. The van der Waals surface area contributed by atoms with Gasteiger partial charge in [-0.15, -0.1) is 0 Å². The number of likely N-dealkylation sites (N-methyl/N-ethyl adjacent to an activating group) is 1. The molecular weight excluding hydrogens is 442 g/mol. The van der Waals surface area contributed by atoms with Gasteiger partial charge in [-0.2, -0.15) is 10.2 Å². The Bertz CT molecular complexity index is 1250. The van der Waals surface area contributed by atoms with E-state index in [9.17, 15) is 10.4 Å². The van der Waals surface area contributed by atoms with Crippen LogP contribution in [0.5, 0.6) is 0 Å². The maximum absolute atomic E-state index is 10.9. The first-order valence-electron chi connectivity index (χ1n) is 11.9. The molecule has 0 bridgehead atoms. The van der Waals surface area contributed by atoms with Crippen molar-refractivity contribution in [2.45, 2.75) is 31.8 Å². The second-order valence-electron chi connectivity index (χ2n) is 9.10. The van der Waals surface area contributed by atoms with Crippen LogP contribution in [0.2, 0.25) is 0 Å². The molecule has 3 N–H and O–H groups in total. The standard InChI is InChI=1S/C25H29N9O/c1-3-25(35)9-8-17-4-6-20(30-22(17)25)31-23-18(14-26)15-28-24(32-23)29-19-5-7-21(27-16-19)34-12-10-33(2)11-13-34/h4-7,15-16,35H,3,8-13H2,1-2H3,(H2,28,29,30,31,32). The molecule has 10 heteroatoms. The number of nitrogens with one attached hydrogen (secondary N) is 2. The van der Waals surface area contributed by atoms with Gasteiger partial charge in [-0.3, -0.25) is 0 Å². The van der Waals surface area contributed by atoms with Crippen LogP contribution < -0.4 is 15.5 Å². The van der Waals surface area contributed by atoms with E-state index in [-0.39, 0.29) is 0 Å². The maximum Gasteiger partial charge on any atom is 0.229 e. The van der Waals surface area contributed by atoms with Crippen LogP contribution in [0.1, 0.15) is 36.6 Å². The first-order chi connectivity index (χ1) is 17.0. The van der Waals surface area contributed by atoms with Gasteiger partial charge in [-0.25, -0.2) is 15.0 Å². The van der Waals surface area contributed by atoms with Crippen LogP contribution in [0.25, 0.3) is 0 Å². The molecule has 2 aliphatic rings. The molecule has 0 saturated carbocycles. The fourth-order valence-corrected chi connectivity index (χ4v) is 4.52. The molecule has 3 aromatic heterocycles. The summed E-state index contributed by atoms with van der Waals surface area (Å²) in [6.45, 7) is 5.91. The van der Waals surface area contributed by atoms with E-state index < -0.39 is 5.60 Å². The van der Waals surface area contributed by atoms with Gasteiger partial charge in [0.25, 0.3) is 0 Å². The van der Waals surface area contributed by atoms with E-state index in [1.54, 1.807) is 6.20 Å². The number of hydrogen-bond donors (Lipinski definition) is 3. The topological polar surface area (TPSA) is 126 Å². The predicted octanol–water partition coefficient (Wildman–Crippen LogP) is 2.92. The Kier molecular flexibility index (Phi) is 6.19. The molecule has 1 unspecified atom stereocenters. The first-order valence-corrected chi connectivity index (χ1v) is 11.9. The Hall–Kier alpha value is -3.81. The summed E-state index contributed by atoms with van der Waals surface area (Å²) < 4.78 is 0. The Labute approximate surface area is 204 Å². The van der Waals surface area contributed by atoms with E-state index in [0.29, 0.717) is 41.7 Å². The number of nitrogens with zero attached hydrogens (tertiary/aromatic N) is 7. The van der Waals surface area contributed by atoms with Gasteiger partial charge in [-0.05, 0) is 50.1 Å². The molecule has 180 valence electrons. The van der Waals surface area contributed by atoms with Gasteiger partial charge in [0.15, 0.2) is 5.82 Å². The van der Waals surface area contributed by atoms with Crippen LogP contribution in [0.15, 0.2) is 36.7 Å².